The lowest BCUT2D eigenvalue weighted by Crippen LogP contribution is -2.57. The van der Waals surface area contributed by atoms with Crippen molar-refractivity contribution >= 4 is 5.78 Å². The van der Waals surface area contributed by atoms with E-state index in [4.69, 9.17) is 0 Å². The van der Waals surface area contributed by atoms with E-state index in [9.17, 15) is 20.3 Å². The maximum absolute atomic E-state index is 11.9. The minimum absolute atomic E-state index is 0.173. The third-order valence-corrected chi connectivity index (χ3v) is 2.33. The molecule has 0 spiro atoms. The monoisotopic (exact) mass is 222 g/mol. The van der Waals surface area contributed by atoms with E-state index >= 15 is 0 Å². The van der Waals surface area contributed by atoms with Crippen LogP contribution in [0.3, 0.4) is 0 Å². The first-order chi connectivity index (χ1) is 7.56. The van der Waals surface area contributed by atoms with Gasteiger partial charge in [-0.25, -0.2) is 10.1 Å². The Morgan fingerprint density at radius 3 is 2.06 bits per heavy atom. The standard InChI is InChI=1S/C10H10N2O4/c13-9(8-4-2-1-3-5-8)10(14)11(15)6-7-12(10)16/h1-7,14-16H. The summed E-state index contributed by atoms with van der Waals surface area (Å²) in [5.74, 6) is -3.33. The van der Waals surface area contributed by atoms with E-state index in [0.717, 1.165) is 12.4 Å². The number of carbonyl (C=O) groups is 1. The van der Waals surface area contributed by atoms with Crippen molar-refractivity contribution in [1.29, 1.82) is 0 Å². The van der Waals surface area contributed by atoms with Crippen molar-refractivity contribution in [2.24, 2.45) is 0 Å². The van der Waals surface area contributed by atoms with Crippen molar-refractivity contribution in [1.82, 2.24) is 10.1 Å². The van der Waals surface area contributed by atoms with Crippen LogP contribution in [-0.4, -0.2) is 37.3 Å². The molecule has 84 valence electrons. The number of rotatable bonds is 2. The van der Waals surface area contributed by atoms with Crippen LogP contribution >= 0.6 is 0 Å². The Balaban J connectivity index is 2.36. The van der Waals surface area contributed by atoms with Crippen molar-refractivity contribution < 1.29 is 20.3 Å². The van der Waals surface area contributed by atoms with Crippen LogP contribution in [0, 0.1) is 0 Å². The minimum Gasteiger partial charge on any atom is -0.344 e. The summed E-state index contributed by atoms with van der Waals surface area (Å²) in [6, 6.07) is 7.88. The first kappa shape index (κ1) is 10.6. The van der Waals surface area contributed by atoms with Crippen LogP contribution in [0.25, 0.3) is 0 Å². The summed E-state index contributed by atoms with van der Waals surface area (Å²) >= 11 is 0. The van der Waals surface area contributed by atoms with Gasteiger partial charge in [0.05, 0.1) is 12.4 Å². The van der Waals surface area contributed by atoms with Crippen LogP contribution in [0.4, 0.5) is 0 Å². The minimum atomic E-state index is -2.50. The number of hydrogen-bond acceptors (Lipinski definition) is 6. The number of hydroxylamine groups is 4. The average Bonchev–Trinajstić information content (AvgIpc) is 2.58. The molecule has 16 heavy (non-hydrogen) atoms. The number of ketones is 1. The fourth-order valence-corrected chi connectivity index (χ4v) is 1.43. The highest BCUT2D eigenvalue weighted by molar-refractivity contribution is 6.01. The molecule has 0 atom stereocenters. The highest BCUT2D eigenvalue weighted by Gasteiger charge is 2.49. The molecule has 6 nitrogen and oxygen atoms in total. The van der Waals surface area contributed by atoms with Crippen LogP contribution in [0.1, 0.15) is 10.4 Å². The molecule has 0 aromatic heterocycles. The Morgan fingerprint density at radius 2 is 1.56 bits per heavy atom. The van der Waals surface area contributed by atoms with Gasteiger partial charge in [0.1, 0.15) is 0 Å². The quantitative estimate of drug-likeness (QED) is 0.627. The van der Waals surface area contributed by atoms with E-state index in [1.54, 1.807) is 18.2 Å². The molecule has 0 saturated carbocycles. The summed E-state index contributed by atoms with van der Waals surface area (Å²) in [5.41, 5.74) is 0.173. The van der Waals surface area contributed by atoms with E-state index in [1.165, 1.54) is 12.1 Å². The smallest absolute Gasteiger partial charge is 0.330 e. The van der Waals surface area contributed by atoms with Crippen molar-refractivity contribution in [2.75, 3.05) is 0 Å². The Hall–Kier alpha value is -1.89. The first-order valence-electron chi connectivity index (χ1n) is 4.54. The molecule has 2 rings (SSSR count). The number of benzene rings is 1. The molecule has 1 aliphatic rings. The van der Waals surface area contributed by atoms with Gasteiger partial charge in [0.2, 0.25) is 5.78 Å². The Morgan fingerprint density at radius 1 is 1.06 bits per heavy atom. The lowest BCUT2D eigenvalue weighted by atomic mass is 10.1. The lowest BCUT2D eigenvalue weighted by Gasteiger charge is -2.31. The van der Waals surface area contributed by atoms with Crippen molar-refractivity contribution in [3.8, 4) is 0 Å². The number of Topliss-reactive ketones (excluding diaryl/α,β-unsaturated/α-hetero) is 1. The van der Waals surface area contributed by atoms with Crippen molar-refractivity contribution in [3.63, 3.8) is 0 Å². The van der Waals surface area contributed by atoms with Gasteiger partial charge in [-0.2, -0.15) is 0 Å². The molecule has 0 saturated heterocycles. The summed E-state index contributed by atoms with van der Waals surface area (Å²) in [4.78, 5) is 11.9. The summed E-state index contributed by atoms with van der Waals surface area (Å²) in [6.45, 7) is 0. The predicted molar refractivity (Wildman–Crippen MR) is 52.1 cm³/mol. The van der Waals surface area contributed by atoms with E-state index in [0.29, 0.717) is 0 Å². The van der Waals surface area contributed by atoms with E-state index < -0.39 is 11.6 Å². The second kappa shape index (κ2) is 3.60. The van der Waals surface area contributed by atoms with Crippen LogP contribution in [0.2, 0.25) is 0 Å². The molecule has 0 aliphatic carbocycles. The molecular formula is C10H10N2O4. The molecule has 0 radical (unpaired) electrons. The molecule has 0 amide bonds. The number of nitrogens with zero attached hydrogens (tertiary/aromatic N) is 2. The van der Waals surface area contributed by atoms with Gasteiger partial charge in [-0.3, -0.25) is 15.2 Å². The van der Waals surface area contributed by atoms with Crippen LogP contribution in [-0.2, 0) is 0 Å². The van der Waals surface area contributed by atoms with Gasteiger partial charge in [0.15, 0.2) is 0 Å². The van der Waals surface area contributed by atoms with Gasteiger partial charge in [-0.05, 0) is 0 Å². The highest BCUT2D eigenvalue weighted by atomic mass is 16.6. The molecule has 0 bridgehead atoms. The second-order valence-corrected chi connectivity index (χ2v) is 3.32. The number of aliphatic hydroxyl groups is 1. The molecule has 0 fully saturated rings. The molecule has 6 heteroatoms. The van der Waals surface area contributed by atoms with Crippen molar-refractivity contribution in [2.45, 2.75) is 5.85 Å². The molecule has 1 heterocycles. The molecular weight excluding hydrogens is 212 g/mol. The zero-order chi connectivity index (χ0) is 11.8. The maximum atomic E-state index is 11.9. The molecule has 0 unspecified atom stereocenters. The van der Waals surface area contributed by atoms with E-state index in [-0.39, 0.29) is 15.7 Å². The summed E-state index contributed by atoms with van der Waals surface area (Å²) in [7, 11) is 0. The first-order valence-corrected chi connectivity index (χ1v) is 4.54. The number of hydrogen-bond donors (Lipinski definition) is 3. The molecule has 1 aromatic rings. The fraction of sp³-hybridized carbons (Fsp3) is 0.100. The van der Waals surface area contributed by atoms with Gasteiger partial charge in [0.25, 0.3) is 0 Å². The van der Waals surface area contributed by atoms with Crippen LogP contribution in [0.5, 0.6) is 0 Å². The lowest BCUT2D eigenvalue weighted by molar-refractivity contribution is -0.309. The van der Waals surface area contributed by atoms with Crippen LogP contribution < -0.4 is 0 Å². The van der Waals surface area contributed by atoms with Crippen molar-refractivity contribution in [3.05, 3.63) is 48.3 Å². The van der Waals surface area contributed by atoms with Gasteiger partial charge in [-0.1, -0.05) is 30.3 Å². The highest BCUT2D eigenvalue weighted by Crippen LogP contribution is 2.25. The number of carbonyl (C=O) groups excluding carboxylic acids is 1. The summed E-state index contributed by atoms with van der Waals surface area (Å²) in [5, 5.41) is 29.0. The van der Waals surface area contributed by atoms with Gasteiger partial charge >= 0.3 is 5.85 Å². The zero-order valence-corrected chi connectivity index (χ0v) is 8.19. The molecule has 1 aromatic carbocycles. The Kier molecular flexibility index (Phi) is 2.39. The molecule has 1 aliphatic heterocycles. The van der Waals surface area contributed by atoms with Gasteiger partial charge in [0, 0.05) is 5.56 Å². The Bertz CT molecular complexity index is 420. The fourth-order valence-electron chi connectivity index (χ4n) is 1.43. The topological polar surface area (TPSA) is 84.2 Å². The third-order valence-electron chi connectivity index (χ3n) is 2.33. The summed E-state index contributed by atoms with van der Waals surface area (Å²) < 4.78 is 0. The molecule has 3 N–H and O–H groups in total. The Labute approximate surface area is 91.2 Å². The second-order valence-electron chi connectivity index (χ2n) is 3.32. The zero-order valence-electron chi connectivity index (χ0n) is 8.19. The normalized spacial score (nSPS) is 17.9. The average molecular weight is 222 g/mol. The van der Waals surface area contributed by atoms with Gasteiger partial charge < -0.3 is 5.11 Å². The predicted octanol–water partition coefficient (Wildman–Crippen LogP) is 0.383. The van der Waals surface area contributed by atoms with Gasteiger partial charge in [-0.15, -0.1) is 0 Å². The van der Waals surface area contributed by atoms with E-state index in [2.05, 4.69) is 0 Å². The van der Waals surface area contributed by atoms with E-state index in [1.807, 2.05) is 0 Å². The SMILES string of the molecule is O=C(c1ccccc1)C1(O)N(O)C=CN1O. The largest absolute Gasteiger partial charge is 0.344 e. The summed E-state index contributed by atoms with van der Waals surface area (Å²) in [6.07, 6.45) is 1.95. The third kappa shape index (κ3) is 1.36. The maximum Gasteiger partial charge on any atom is 0.330 e. The van der Waals surface area contributed by atoms with Crippen LogP contribution in [0.15, 0.2) is 42.7 Å².